The van der Waals surface area contributed by atoms with E-state index < -0.39 is 36.4 Å². The molecule has 6 rings (SSSR count). The van der Waals surface area contributed by atoms with E-state index in [-0.39, 0.29) is 47.5 Å². The number of hydrogen-bond donors (Lipinski definition) is 4. The molecule has 3 heterocycles. The molecule has 3 aliphatic rings. The Bertz CT molecular complexity index is 1960. The molecule has 4 N–H and O–H groups in total. The Morgan fingerprint density at radius 2 is 0.968 bits per heavy atom. The molecular formula is C46H58BrN7O8. The van der Waals surface area contributed by atoms with Gasteiger partial charge in [-0.25, -0.2) is 9.59 Å². The van der Waals surface area contributed by atoms with Crippen LogP contribution in [0.5, 0.6) is 0 Å². The summed E-state index contributed by atoms with van der Waals surface area (Å²) in [6, 6.07) is 21.1. The zero-order valence-corrected chi connectivity index (χ0v) is 37.8. The molecule has 6 amide bonds. The molecule has 0 saturated carbocycles. The highest BCUT2D eigenvalue weighted by Gasteiger charge is 2.41. The number of carbonyl (C=O) groups excluding carboxylic acids is 6. The Kier molecular flexibility index (Phi) is 15.2. The standard InChI is InChI=1S/C46H58BrN7O8/c1-27(2)39(50-45(59)61-5)43(57)52-25-7-9-37(52)41(55)48-32-17-11-29(12-18-32)35-23-24-36(54(35)34-21-15-31(47)16-22-34)30-13-19-33(20-14-30)49-42(56)38-10-8-26-53(38)44(58)40(28(3)4)51-46(60)62-6/h11-22,27-28,35-40H,7-10,23-26H2,1-6H3,(H,48,55)(H,49,56)(H,50,59)(H,51,60). The van der Waals surface area contributed by atoms with E-state index in [2.05, 4.69) is 54.2 Å². The van der Waals surface area contributed by atoms with Crippen molar-refractivity contribution < 1.29 is 38.2 Å². The van der Waals surface area contributed by atoms with Gasteiger partial charge in [0.25, 0.3) is 0 Å². The van der Waals surface area contributed by atoms with Crippen molar-refractivity contribution in [3.8, 4) is 0 Å². The average molecular weight is 917 g/mol. The van der Waals surface area contributed by atoms with Crippen molar-refractivity contribution >= 4 is 68.8 Å². The molecule has 0 bridgehead atoms. The van der Waals surface area contributed by atoms with E-state index in [4.69, 9.17) is 9.47 Å². The molecule has 6 atom stereocenters. The Labute approximate surface area is 371 Å². The molecule has 15 nitrogen and oxygen atoms in total. The molecule has 3 saturated heterocycles. The van der Waals surface area contributed by atoms with Crippen LogP contribution in [0.1, 0.15) is 89.4 Å². The number of anilines is 3. The number of amides is 6. The first kappa shape index (κ1) is 45.9. The van der Waals surface area contributed by atoms with E-state index in [1.807, 2.05) is 88.4 Å². The molecule has 3 aromatic rings. The predicted octanol–water partition coefficient (Wildman–Crippen LogP) is 7.15. The lowest BCUT2D eigenvalue weighted by Gasteiger charge is -2.33. The molecule has 3 aliphatic heterocycles. The smallest absolute Gasteiger partial charge is 0.407 e. The molecule has 16 heteroatoms. The minimum Gasteiger partial charge on any atom is -0.453 e. The highest BCUT2D eigenvalue weighted by Crippen LogP contribution is 2.47. The summed E-state index contributed by atoms with van der Waals surface area (Å²) < 4.78 is 10.4. The van der Waals surface area contributed by atoms with E-state index in [1.165, 1.54) is 14.2 Å². The lowest BCUT2D eigenvalue weighted by molar-refractivity contribution is -0.139. The molecular weight excluding hydrogens is 858 g/mol. The van der Waals surface area contributed by atoms with Crippen molar-refractivity contribution in [2.75, 3.05) is 42.8 Å². The Hall–Kier alpha value is -5.64. The fourth-order valence-corrected chi connectivity index (χ4v) is 9.09. The van der Waals surface area contributed by atoms with Crippen molar-refractivity contribution in [3.05, 3.63) is 88.4 Å². The summed E-state index contributed by atoms with van der Waals surface area (Å²) in [7, 11) is 2.50. The molecule has 0 spiro atoms. The summed E-state index contributed by atoms with van der Waals surface area (Å²) in [6.07, 6.45) is 2.75. The van der Waals surface area contributed by atoms with E-state index in [1.54, 1.807) is 9.80 Å². The predicted molar refractivity (Wildman–Crippen MR) is 239 cm³/mol. The van der Waals surface area contributed by atoms with Gasteiger partial charge in [-0.15, -0.1) is 0 Å². The number of benzene rings is 3. The zero-order chi connectivity index (χ0) is 44.7. The molecule has 0 aromatic heterocycles. The zero-order valence-electron chi connectivity index (χ0n) is 36.2. The topological polar surface area (TPSA) is 179 Å². The molecule has 3 aromatic carbocycles. The van der Waals surface area contributed by atoms with Crippen LogP contribution in [0.3, 0.4) is 0 Å². The first-order valence-corrected chi connectivity index (χ1v) is 22.2. The number of methoxy groups -OCH3 is 2. The Morgan fingerprint density at radius 1 is 0.581 bits per heavy atom. The van der Waals surface area contributed by atoms with E-state index in [0.717, 1.165) is 34.1 Å². The minimum atomic E-state index is -0.813. The van der Waals surface area contributed by atoms with Gasteiger partial charge in [0.05, 0.1) is 26.3 Å². The number of ether oxygens (including phenoxy) is 2. The van der Waals surface area contributed by atoms with Gasteiger partial charge in [0.1, 0.15) is 24.2 Å². The van der Waals surface area contributed by atoms with Crippen LogP contribution in [0, 0.1) is 11.8 Å². The summed E-state index contributed by atoms with van der Waals surface area (Å²) in [5, 5.41) is 11.3. The van der Waals surface area contributed by atoms with Crippen LogP contribution < -0.4 is 26.2 Å². The van der Waals surface area contributed by atoms with Crippen molar-refractivity contribution in [1.82, 2.24) is 20.4 Å². The van der Waals surface area contributed by atoms with Gasteiger partial charge in [-0.3, -0.25) is 19.2 Å². The third-order valence-corrected chi connectivity index (χ3v) is 12.6. The van der Waals surface area contributed by atoms with Crippen molar-refractivity contribution in [3.63, 3.8) is 0 Å². The lowest BCUT2D eigenvalue weighted by Crippen LogP contribution is -2.54. The van der Waals surface area contributed by atoms with Crippen molar-refractivity contribution in [1.29, 1.82) is 0 Å². The highest BCUT2D eigenvalue weighted by atomic mass is 79.9. The number of rotatable bonds is 13. The minimum absolute atomic E-state index is 0.0257. The van der Waals surface area contributed by atoms with Gasteiger partial charge in [-0.1, -0.05) is 67.9 Å². The van der Waals surface area contributed by atoms with Gasteiger partial charge in [-0.05, 0) is 110 Å². The molecule has 332 valence electrons. The number of nitrogens with zero attached hydrogens (tertiary/aromatic N) is 3. The van der Waals surface area contributed by atoms with E-state index >= 15 is 0 Å². The second-order valence-electron chi connectivity index (χ2n) is 16.8. The van der Waals surface area contributed by atoms with Crippen LogP contribution in [0.15, 0.2) is 77.3 Å². The van der Waals surface area contributed by atoms with Crippen LogP contribution in [-0.4, -0.2) is 97.1 Å². The van der Waals surface area contributed by atoms with Crippen molar-refractivity contribution in [2.24, 2.45) is 11.8 Å². The van der Waals surface area contributed by atoms with Gasteiger partial charge >= 0.3 is 12.2 Å². The number of carbonyl (C=O) groups is 6. The summed E-state index contributed by atoms with van der Waals surface area (Å²) in [5.74, 6) is -1.56. The number of nitrogens with one attached hydrogen (secondary N) is 4. The molecule has 6 unspecified atom stereocenters. The van der Waals surface area contributed by atoms with Crippen molar-refractivity contribution in [2.45, 2.75) is 102 Å². The van der Waals surface area contributed by atoms with Gasteiger partial charge in [0, 0.05) is 34.6 Å². The first-order chi connectivity index (χ1) is 29.7. The maximum absolute atomic E-state index is 13.6. The maximum atomic E-state index is 13.6. The average Bonchev–Trinajstić information content (AvgIpc) is 4.06. The second-order valence-corrected chi connectivity index (χ2v) is 17.7. The van der Waals surface area contributed by atoms with E-state index in [0.29, 0.717) is 50.1 Å². The molecule has 3 fully saturated rings. The number of likely N-dealkylation sites (tertiary alicyclic amines) is 2. The maximum Gasteiger partial charge on any atom is 0.407 e. The summed E-state index contributed by atoms with van der Waals surface area (Å²) in [4.78, 5) is 83.7. The summed E-state index contributed by atoms with van der Waals surface area (Å²) in [6.45, 7) is 8.20. The molecule has 0 aliphatic carbocycles. The fraction of sp³-hybridized carbons (Fsp3) is 0.478. The largest absolute Gasteiger partial charge is 0.453 e. The highest BCUT2D eigenvalue weighted by molar-refractivity contribution is 9.10. The second kappa shape index (κ2) is 20.5. The molecule has 62 heavy (non-hydrogen) atoms. The number of alkyl carbamates (subject to hydrolysis) is 2. The summed E-state index contributed by atoms with van der Waals surface area (Å²) >= 11 is 3.58. The van der Waals surface area contributed by atoms with Gasteiger partial charge in [-0.2, -0.15) is 0 Å². The first-order valence-electron chi connectivity index (χ1n) is 21.4. The van der Waals surface area contributed by atoms with Crippen LogP contribution >= 0.6 is 15.9 Å². The van der Waals surface area contributed by atoms with E-state index in [9.17, 15) is 28.8 Å². The fourth-order valence-electron chi connectivity index (χ4n) is 8.83. The summed E-state index contributed by atoms with van der Waals surface area (Å²) in [5.41, 5.74) is 4.46. The monoisotopic (exact) mass is 915 g/mol. The van der Waals surface area contributed by atoms with Crippen LogP contribution in [0.25, 0.3) is 0 Å². The van der Waals surface area contributed by atoms with Gasteiger partial charge < -0.3 is 45.4 Å². The normalized spacial score (nSPS) is 20.8. The number of hydrogen-bond acceptors (Lipinski definition) is 9. The van der Waals surface area contributed by atoms with Gasteiger partial charge in [0.2, 0.25) is 23.6 Å². The SMILES string of the molecule is COC(=O)NC(C(=O)N1CCCC1C(=O)Nc1ccc(C2CCC(c3ccc(NC(=O)C4CCCN4C(=O)C(NC(=O)OC)C(C)C)cc3)N2c2ccc(Br)cc2)cc1)C(C)C. The van der Waals surface area contributed by atoms with Crippen LogP contribution in [0.4, 0.5) is 26.7 Å². The Balaban J connectivity index is 1.13. The van der Waals surface area contributed by atoms with Gasteiger partial charge in [0.15, 0.2) is 0 Å². The molecule has 0 radical (unpaired) electrons. The number of halogens is 1. The van der Waals surface area contributed by atoms with Crippen LogP contribution in [-0.2, 0) is 28.7 Å². The third-order valence-electron chi connectivity index (χ3n) is 12.1. The quantitative estimate of drug-likeness (QED) is 0.139. The van der Waals surface area contributed by atoms with Crippen LogP contribution in [0.2, 0.25) is 0 Å². The Morgan fingerprint density at radius 3 is 1.32 bits per heavy atom. The third kappa shape index (κ3) is 10.5. The lowest BCUT2D eigenvalue weighted by atomic mass is 10.0.